The van der Waals surface area contributed by atoms with Gasteiger partial charge in [-0.1, -0.05) is 40.2 Å². The Morgan fingerprint density at radius 3 is 2.08 bits per heavy atom. The smallest absolute Gasteiger partial charge is 0.357 e. The van der Waals surface area contributed by atoms with Crippen molar-refractivity contribution < 1.29 is 37.4 Å². The average Bonchev–Trinajstić information content (AvgIpc) is 3.29. The lowest BCUT2D eigenvalue weighted by Crippen LogP contribution is -2.15. The van der Waals surface area contributed by atoms with E-state index in [9.17, 15) is 23.2 Å². The lowest BCUT2D eigenvalue weighted by atomic mass is 10.0. The van der Waals surface area contributed by atoms with Crippen molar-refractivity contribution >= 4 is 33.8 Å². The SMILES string of the molecule is COC(=O)c1c(-c2cc(Br)ccc2OC(=O)c2c(F)cccc2F)nn(-c2ccccc2)c1C(=O)OC. The summed E-state index contributed by atoms with van der Waals surface area (Å²) >= 11 is 3.32. The number of ether oxygens (including phenoxy) is 3. The Bertz CT molecular complexity index is 1500. The van der Waals surface area contributed by atoms with Crippen LogP contribution in [0.15, 0.2) is 71.2 Å². The normalized spacial score (nSPS) is 10.6. The Morgan fingerprint density at radius 2 is 1.46 bits per heavy atom. The van der Waals surface area contributed by atoms with Gasteiger partial charge in [0.05, 0.1) is 19.9 Å². The maximum Gasteiger partial charge on any atom is 0.357 e. The first-order valence-electron chi connectivity index (χ1n) is 10.6. The third kappa shape index (κ3) is 4.98. The van der Waals surface area contributed by atoms with Crippen LogP contribution in [0, 0.1) is 11.6 Å². The molecule has 0 aliphatic carbocycles. The van der Waals surface area contributed by atoms with Crippen molar-refractivity contribution in [1.29, 1.82) is 0 Å². The number of esters is 3. The molecule has 1 aromatic heterocycles. The van der Waals surface area contributed by atoms with Crippen LogP contribution in [0.3, 0.4) is 0 Å². The van der Waals surface area contributed by atoms with Crippen molar-refractivity contribution in [2.24, 2.45) is 0 Å². The highest BCUT2D eigenvalue weighted by Crippen LogP contribution is 2.37. The largest absolute Gasteiger partial charge is 0.465 e. The Kier molecular flexibility index (Phi) is 7.44. The Hall–Kier alpha value is -4.38. The van der Waals surface area contributed by atoms with Crippen molar-refractivity contribution in [3.8, 4) is 22.7 Å². The number of benzene rings is 3. The van der Waals surface area contributed by atoms with E-state index in [1.807, 2.05) is 0 Å². The summed E-state index contributed by atoms with van der Waals surface area (Å²) < 4.78 is 45.3. The number of carbonyl (C=O) groups excluding carboxylic acids is 3. The molecule has 188 valence electrons. The number of aromatic nitrogens is 2. The number of methoxy groups -OCH3 is 2. The second-order valence-corrected chi connectivity index (χ2v) is 8.35. The van der Waals surface area contributed by atoms with Crippen molar-refractivity contribution in [1.82, 2.24) is 9.78 Å². The number of halogens is 3. The maximum atomic E-state index is 14.2. The fraction of sp³-hybridized carbons (Fsp3) is 0.0769. The number of carbonyl (C=O) groups is 3. The van der Waals surface area contributed by atoms with Gasteiger partial charge in [0, 0.05) is 10.0 Å². The first-order chi connectivity index (χ1) is 17.8. The van der Waals surface area contributed by atoms with Crippen LogP contribution in [0.1, 0.15) is 31.2 Å². The summed E-state index contributed by atoms with van der Waals surface area (Å²) in [6.45, 7) is 0. The van der Waals surface area contributed by atoms with Gasteiger partial charge >= 0.3 is 17.9 Å². The number of rotatable bonds is 6. The number of para-hydroxylation sites is 1. The van der Waals surface area contributed by atoms with Crippen LogP contribution >= 0.6 is 15.9 Å². The van der Waals surface area contributed by atoms with Gasteiger partial charge in [0.15, 0.2) is 5.69 Å². The molecule has 0 amide bonds. The predicted octanol–water partition coefficient (Wildman–Crippen LogP) is 5.37. The molecular weight excluding hydrogens is 554 g/mol. The third-order valence-electron chi connectivity index (χ3n) is 5.22. The van der Waals surface area contributed by atoms with Crippen LogP contribution in [0.5, 0.6) is 5.75 Å². The summed E-state index contributed by atoms with van der Waals surface area (Å²) in [5.74, 6) is -5.52. The van der Waals surface area contributed by atoms with Crippen LogP contribution < -0.4 is 4.74 Å². The van der Waals surface area contributed by atoms with E-state index in [4.69, 9.17) is 14.2 Å². The number of nitrogens with zero attached hydrogens (tertiary/aromatic N) is 2. The molecule has 3 aromatic carbocycles. The van der Waals surface area contributed by atoms with Crippen LogP contribution in [0.2, 0.25) is 0 Å². The fourth-order valence-corrected chi connectivity index (χ4v) is 3.92. The molecule has 0 saturated carbocycles. The molecule has 0 aliphatic rings. The van der Waals surface area contributed by atoms with Crippen molar-refractivity contribution in [3.05, 3.63) is 99.7 Å². The zero-order valence-corrected chi connectivity index (χ0v) is 20.9. The van der Waals surface area contributed by atoms with Crippen molar-refractivity contribution in [2.75, 3.05) is 14.2 Å². The average molecular weight is 571 g/mol. The van der Waals surface area contributed by atoms with E-state index in [2.05, 4.69) is 21.0 Å². The topological polar surface area (TPSA) is 96.7 Å². The van der Waals surface area contributed by atoms with E-state index in [1.54, 1.807) is 30.3 Å². The first-order valence-corrected chi connectivity index (χ1v) is 11.4. The van der Waals surface area contributed by atoms with E-state index < -0.39 is 35.1 Å². The third-order valence-corrected chi connectivity index (χ3v) is 5.71. The van der Waals surface area contributed by atoms with Crippen LogP contribution in [0.4, 0.5) is 8.78 Å². The second-order valence-electron chi connectivity index (χ2n) is 7.43. The van der Waals surface area contributed by atoms with Crippen LogP contribution in [-0.2, 0) is 9.47 Å². The molecule has 0 bridgehead atoms. The van der Waals surface area contributed by atoms with Crippen LogP contribution in [-0.4, -0.2) is 41.9 Å². The highest BCUT2D eigenvalue weighted by molar-refractivity contribution is 9.10. The number of hydrogen-bond donors (Lipinski definition) is 0. The summed E-state index contributed by atoms with van der Waals surface area (Å²) in [5.41, 5.74) is -1.04. The molecule has 1 heterocycles. The van der Waals surface area contributed by atoms with Gasteiger partial charge in [0.25, 0.3) is 0 Å². The van der Waals surface area contributed by atoms with Gasteiger partial charge in [-0.2, -0.15) is 5.10 Å². The highest BCUT2D eigenvalue weighted by Gasteiger charge is 2.33. The first kappa shape index (κ1) is 25.7. The standard InChI is InChI=1S/C26H17BrF2N2O6/c1-35-24(32)21-22(30-31(23(21)26(34)36-2)15-7-4-3-5-8-15)16-13-14(27)11-12-19(16)37-25(33)20-17(28)9-6-10-18(20)29/h3-13H,1-2H3. The molecule has 37 heavy (non-hydrogen) atoms. The van der Waals surface area contributed by atoms with Gasteiger partial charge in [0.1, 0.15) is 34.2 Å². The maximum absolute atomic E-state index is 14.2. The predicted molar refractivity (Wildman–Crippen MR) is 131 cm³/mol. The molecule has 0 saturated heterocycles. The minimum atomic E-state index is -1.31. The Balaban J connectivity index is 1.96. The zero-order valence-electron chi connectivity index (χ0n) is 19.3. The van der Waals surface area contributed by atoms with Gasteiger partial charge in [-0.25, -0.2) is 27.8 Å². The molecular formula is C26H17BrF2N2O6. The summed E-state index contributed by atoms with van der Waals surface area (Å²) in [6, 6.07) is 15.7. The molecule has 4 rings (SSSR count). The monoisotopic (exact) mass is 570 g/mol. The molecule has 0 atom stereocenters. The van der Waals surface area contributed by atoms with Gasteiger partial charge in [-0.3, -0.25) is 0 Å². The Labute approximate surface area is 217 Å². The fourth-order valence-electron chi connectivity index (χ4n) is 3.56. The minimum Gasteiger partial charge on any atom is -0.465 e. The van der Waals surface area contributed by atoms with E-state index in [0.29, 0.717) is 10.2 Å². The second kappa shape index (κ2) is 10.7. The molecule has 4 aromatic rings. The number of hydrogen-bond acceptors (Lipinski definition) is 7. The molecule has 0 aliphatic heterocycles. The van der Waals surface area contributed by atoms with Gasteiger partial charge in [0.2, 0.25) is 0 Å². The molecule has 0 unspecified atom stereocenters. The van der Waals surface area contributed by atoms with Gasteiger partial charge in [-0.15, -0.1) is 0 Å². The molecule has 0 fully saturated rings. The Morgan fingerprint density at radius 1 is 0.811 bits per heavy atom. The summed E-state index contributed by atoms with van der Waals surface area (Å²) in [5, 5.41) is 4.46. The van der Waals surface area contributed by atoms with E-state index in [1.165, 1.54) is 22.9 Å². The zero-order chi connectivity index (χ0) is 26.7. The highest BCUT2D eigenvalue weighted by atomic mass is 79.9. The lowest BCUT2D eigenvalue weighted by molar-refractivity contribution is 0.0549. The molecule has 0 N–H and O–H groups in total. The van der Waals surface area contributed by atoms with Crippen molar-refractivity contribution in [2.45, 2.75) is 0 Å². The van der Waals surface area contributed by atoms with E-state index in [0.717, 1.165) is 32.4 Å². The quantitative estimate of drug-likeness (QED) is 0.227. The summed E-state index contributed by atoms with van der Waals surface area (Å²) in [6.07, 6.45) is 0. The molecule has 0 radical (unpaired) electrons. The van der Waals surface area contributed by atoms with Gasteiger partial charge < -0.3 is 14.2 Å². The van der Waals surface area contributed by atoms with E-state index >= 15 is 0 Å². The van der Waals surface area contributed by atoms with Crippen molar-refractivity contribution in [3.63, 3.8) is 0 Å². The molecule has 0 spiro atoms. The lowest BCUT2D eigenvalue weighted by Gasteiger charge is -2.11. The molecule has 8 nitrogen and oxygen atoms in total. The summed E-state index contributed by atoms with van der Waals surface area (Å²) in [4.78, 5) is 38.5. The van der Waals surface area contributed by atoms with Gasteiger partial charge in [-0.05, 0) is 42.5 Å². The summed E-state index contributed by atoms with van der Waals surface area (Å²) in [7, 11) is 2.26. The molecule has 11 heteroatoms. The van der Waals surface area contributed by atoms with Crippen LogP contribution in [0.25, 0.3) is 16.9 Å². The van der Waals surface area contributed by atoms with E-state index in [-0.39, 0.29) is 28.3 Å². The minimum absolute atomic E-state index is 0.0553.